The van der Waals surface area contributed by atoms with Gasteiger partial charge < -0.3 is 10.5 Å². The molecule has 0 saturated carbocycles. The van der Waals surface area contributed by atoms with Gasteiger partial charge >= 0.3 is 0 Å². The van der Waals surface area contributed by atoms with Crippen LogP contribution < -0.4 is 16.0 Å². The van der Waals surface area contributed by atoms with Gasteiger partial charge in [0.05, 0.1) is 18.8 Å². The zero-order valence-corrected chi connectivity index (χ0v) is 12.5. The number of aromatic nitrogens is 2. The molecular formula is C16H21N3O2. The molecule has 0 aliphatic carbocycles. The molecule has 0 fully saturated rings. The zero-order chi connectivity index (χ0) is 15.2. The Balaban J connectivity index is 2.25. The first-order valence-corrected chi connectivity index (χ1v) is 7.13. The molecule has 5 heteroatoms. The average molecular weight is 287 g/mol. The lowest BCUT2D eigenvalue weighted by Gasteiger charge is -2.13. The summed E-state index contributed by atoms with van der Waals surface area (Å²) < 4.78 is 6.62. The maximum atomic E-state index is 11.8. The SMILES string of the molecule is CCCCn1nc(C(N)c2ccc(OC)cc2)ccc1=O. The van der Waals surface area contributed by atoms with Crippen molar-refractivity contribution >= 4 is 0 Å². The molecule has 5 nitrogen and oxygen atoms in total. The molecule has 21 heavy (non-hydrogen) atoms. The van der Waals surface area contributed by atoms with Gasteiger partial charge in [0.25, 0.3) is 5.56 Å². The summed E-state index contributed by atoms with van der Waals surface area (Å²) in [5.41, 5.74) is 7.77. The number of hydrogen-bond acceptors (Lipinski definition) is 4. The molecule has 0 amide bonds. The number of benzene rings is 1. The van der Waals surface area contributed by atoms with Crippen molar-refractivity contribution in [3.8, 4) is 5.75 Å². The highest BCUT2D eigenvalue weighted by molar-refractivity contribution is 5.32. The van der Waals surface area contributed by atoms with E-state index in [0.717, 1.165) is 24.2 Å². The third kappa shape index (κ3) is 3.70. The Kier molecular flexibility index (Phi) is 5.11. The number of hydrogen-bond donors (Lipinski definition) is 1. The van der Waals surface area contributed by atoms with E-state index in [1.54, 1.807) is 13.2 Å². The van der Waals surface area contributed by atoms with Crippen molar-refractivity contribution in [3.63, 3.8) is 0 Å². The van der Waals surface area contributed by atoms with Crippen LogP contribution in [0.15, 0.2) is 41.2 Å². The molecule has 0 radical (unpaired) electrons. The lowest BCUT2D eigenvalue weighted by atomic mass is 10.0. The fourth-order valence-electron chi connectivity index (χ4n) is 2.08. The van der Waals surface area contributed by atoms with E-state index in [9.17, 15) is 4.79 Å². The minimum atomic E-state index is -0.357. The molecular weight excluding hydrogens is 266 g/mol. The van der Waals surface area contributed by atoms with E-state index in [2.05, 4.69) is 12.0 Å². The Morgan fingerprint density at radius 2 is 1.95 bits per heavy atom. The van der Waals surface area contributed by atoms with Crippen LogP contribution in [0.3, 0.4) is 0 Å². The topological polar surface area (TPSA) is 70.1 Å². The van der Waals surface area contributed by atoms with Crippen molar-refractivity contribution in [3.05, 3.63) is 58.0 Å². The van der Waals surface area contributed by atoms with Gasteiger partial charge in [-0.2, -0.15) is 5.10 Å². The van der Waals surface area contributed by atoms with Gasteiger partial charge in [0.15, 0.2) is 0 Å². The van der Waals surface area contributed by atoms with E-state index in [0.29, 0.717) is 12.2 Å². The van der Waals surface area contributed by atoms with E-state index in [1.165, 1.54) is 10.7 Å². The molecule has 0 aliphatic heterocycles. The van der Waals surface area contributed by atoms with Crippen molar-refractivity contribution < 1.29 is 4.74 Å². The minimum Gasteiger partial charge on any atom is -0.497 e. The van der Waals surface area contributed by atoms with E-state index < -0.39 is 0 Å². The summed E-state index contributed by atoms with van der Waals surface area (Å²) in [5.74, 6) is 0.784. The number of rotatable bonds is 6. The molecule has 0 spiro atoms. The number of aryl methyl sites for hydroxylation is 1. The summed E-state index contributed by atoms with van der Waals surface area (Å²) >= 11 is 0. The van der Waals surface area contributed by atoms with Gasteiger partial charge in [-0.1, -0.05) is 25.5 Å². The third-order valence-electron chi connectivity index (χ3n) is 3.40. The van der Waals surface area contributed by atoms with Gasteiger partial charge in [0.1, 0.15) is 5.75 Å². The van der Waals surface area contributed by atoms with Gasteiger partial charge in [-0.25, -0.2) is 4.68 Å². The van der Waals surface area contributed by atoms with Gasteiger partial charge in [-0.05, 0) is 30.2 Å². The van der Waals surface area contributed by atoms with Gasteiger partial charge in [-0.3, -0.25) is 4.79 Å². The first kappa shape index (κ1) is 15.3. The third-order valence-corrected chi connectivity index (χ3v) is 3.40. The molecule has 112 valence electrons. The van der Waals surface area contributed by atoms with Gasteiger partial charge in [0.2, 0.25) is 0 Å². The molecule has 1 heterocycles. The van der Waals surface area contributed by atoms with Crippen LogP contribution >= 0.6 is 0 Å². The van der Waals surface area contributed by atoms with E-state index in [1.807, 2.05) is 24.3 Å². The quantitative estimate of drug-likeness (QED) is 0.883. The standard InChI is InChI=1S/C16H21N3O2/c1-3-4-11-19-15(20)10-9-14(18-19)16(17)12-5-7-13(21-2)8-6-12/h5-10,16H,3-4,11,17H2,1-2H3. The molecule has 2 rings (SSSR count). The Morgan fingerprint density at radius 3 is 2.57 bits per heavy atom. The van der Waals surface area contributed by atoms with Crippen molar-refractivity contribution in [2.75, 3.05) is 7.11 Å². The minimum absolute atomic E-state index is 0.0888. The average Bonchev–Trinajstić information content (AvgIpc) is 2.53. The number of methoxy groups -OCH3 is 1. The van der Waals surface area contributed by atoms with Crippen LogP contribution in [0.4, 0.5) is 0 Å². The number of nitrogens with two attached hydrogens (primary N) is 1. The lowest BCUT2D eigenvalue weighted by molar-refractivity contribution is 0.414. The fraction of sp³-hybridized carbons (Fsp3) is 0.375. The highest BCUT2D eigenvalue weighted by atomic mass is 16.5. The number of unbranched alkanes of at least 4 members (excludes halogenated alkanes) is 1. The summed E-state index contributed by atoms with van der Waals surface area (Å²) in [7, 11) is 1.63. The van der Waals surface area contributed by atoms with Crippen molar-refractivity contribution in [1.29, 1.82) is 0 Å². The van der Waals surface area contributed by atoms with Crippen LogP contribution in [0, 0.1) is 0 Å². The van der Waals surface area contributed by atoms with E-state index in [-0.39, 0.29) is 11.6 Å². The Morgan fingerprint density at radius 1 is 1.24 bits per heavy atom. The molecule has 0 saturated heterocycles. The molecule has 2 aromatic rings. The smallest absolute Gasteiger partial charge is 0.266 e. The molecule has 1 aromatic heterocycles. The Labute approximate surface area is 124 Å². The predicted molar refractivity (Wildman–Crippen MR) is 82.4 cm³/mol. The Bertz CT molecular complexity index is 635. The van der Waals surface area contributed by atoms with Crippen LogP contribution in [-0.2, 0) is 6.54 Å². The van der Waals surface area contributed by atoms with Gasteiger partial charge in [0, 0.05) is 12.6 Å². The fourth-order valence-corrected chi connectivity index (χ4v) is 2.08. The predicted octanol–water partition coefficient (Wildman–Crippen LogP) is 2.10. The van der Waals surface area contributed by atoms with Crippen LogP contribution in [0.2, 0.25) is 0 Å². The normalized spacial score (nSPS) is 12.1. The van der Waals surface area contributed by atoms with Gasteiger partial charge in [-0.15, -0.1) is 0 Å². The van der Waals surface area contributed by atoms with Crippen molar-refractivity contribution in [1.82, 2.24) is 9.78 Å². The second-order valence-corrected chi connectivity index (χ2v) is 4.92. The molecule has 2 N–H and O–H groups in total. The zero-order valence-electron chi connectivity index (χ0n) is 12.5. The molecule has 1 unspecified atom stereocenters. The highest BCUT2D eigenvalue weighted by Crippen LogP contribution is 2.20. The molecule has 1 atom stereocenters. The van der Waals surface area contributed by atoms with E-state index in [4.69, 9.17) is 10.5 Å². The number of nitrogens with zero attached hydrogens (tertiary/aromatic N) is 2. The maximum absolute atomic E-state index is 11.8. The molecule has 0 aliphatic rings. The first-order chi connectivity index (χ1) is 10.2. The monoisotopic (exact) mass is 287 g/mol. The second-order valence-electron chi connectivity index (χ2n) is 4.92. The lowest BCUT2D eigenvalue weighted by Crippen LogP contribution is -2.26. The van der Waals surface area contributed by atoms with Crippen LogP contribution in [-0.4, -0.2) is 16.9 Å². The summed E-state index contributed by atoms with van der Waals surface area (Å²) in [5, 5.41) is 4.38. The first-order valence-electron chi connectivity index (χ1n) is 7.13. The summed E-state index contributed by atoms with van der Waals surface area (Å²) in [6, 6.07) is 10.4. The Hall–Kier alpha value is -2.14. The van der Waals surface area contributed by atoms with Crippen molar-refractivity contribution in [2.45, 2.75) is 32.4 Å². The van der Waals surface area contributed by atoms with Crippen LogP contribution in [0.1, 0.15) is 37.1 Å². The summed E-state index contributed by atoms with van der Waals surface area (Å²) in [6.45, 7) is 2.70. The highest BCUT2D eigenvalue weighted by Gasteiger charge is 2.12. The number of ether oxygens (including phenoxy) is 1. The largest absolute Gasteiger partial charge is 0.497 e. The van der Waals surface area contributed by atoms with Crippen LogP contribution in [0.5, 0.6) is 5.75 Å². The van der Waals surface area contributed by atoms with Crippen molar-refractivity contribution in [2.24, 2.45) is 5.73 Å². The van der Waals surface area contributed by atoms with E-state index >= 15 is 0 Å². The summed E-state index contributed by atoms with van der Waals surface area (Å²) in [4.78, 5) is 11.8. The molecule has 0 bridgehead atoms. The maximum Gasteiger partial charge on any atom is 0.266 e. The molecule has 1 aromatic carbocycles. The van der Waals surface area contributed by atoms with Crippen LogP contribution in [0.25, 0.3) is 0 Å². The second kappa shape index (κ2) is 7.04. The summed E-state index contributed by atoms with van der Waals surface area (Å²) in [6.07, 6.45) is 1.94.